The van der Waals surface area contributed by atoms with E-state index in [4.69, 9.17) is 5.84 Å². The van der Waals surface area contributed by atoms with Crippen molar-refractivity contribution in [1.82, 2.24) is 4.72 Å². The van der Waals surface area contributed by atoms with E-state index in [1.54, 1.807) is 6.92 Å². The van der Waals surface area contributed by atoms with E-state index in [9.17, 15) is 18.5 Å². The van der Waals surface area contributed by atoms with Crippen LogP contribution in [0.2, 0.25) is 0 Å². The molecule has 0 aromatic heterocycles. The van der Waals surface area contributed by atoms with Crippen LogP contribution < -0.4 is 16.0 Å². The highest BCUT2D eigenvalue weighted by atomic mass is 32.2. The fraction of sp³-hybridized carbons (Fsp3) is 0.500. The van der Waals surface area contributed by atoms with Gasteiger partial charge in [0.05, 0.1) is 10.6 Å². The minimum atomic E-state index is -3.97. The van der Waals surface area contributed by atoms with Gasteiger partial charge in [-0.05, 0) is 31.4 Å². The summed E-state index contributed by atoms with van der Waals surface area (Å²) in [6.07, 6.45) is 2.96. The Hall–Kier alpha value is -1.71. The number of nitrogens with zero attached hydrogens (tertiary/aromatic N) is 1. The Morgan fingerprint density at radius 1 is 1.48 bits per heavy atom. The maximum Gasteiger partial charge on any atom is 0.289 e. The first-order chi connectivity index (χ1) is 9.83. The highest BCUT2D eigenvalue weighted by Gasteiger charge is 2.30. The molecule has 0 spiro atoms. The fourth-order valence-electron chi connectivity index (χ4n) is 2.20. The molecule has 9 heteroatoms. The zero-order chi connectivity index (χ0) is 15.6. The lowest BCUT2D eigenvalue weighted by Crippen LogP contribution is -2.33. The standard InChI is InChI=1S/C12H18N4O4S/c1-8(6-9-2-3-9)15-21(19,20)12-7-10(14-13)4-5-11(12)16(17)18/h4-5,7-9,14-15H,2-3,6,13H2,1H3. The van der Waals surface area contributed by atoms with E-state index in [2.05, 4.69) is 10.1 Å². The Morgan fingerprint density at radius 2 is 2.14 bits per heavy atom. The molecule has 4 N–H and O–H groups in total. The number of nitrogens with one attached hydrogen (secondary N) is 2. The highest BCUT2D eigenvalue weighted by Crippen LogP contribution is 2.34. The number of sulfonamides is 1. The van der Waals surface area contributed by atoms with Crippen LogP contribution in [0.4, 0.5) is 11.4 Å². The molecular formula is C12H18N4O4S. The van der Waals surface area contributed by atoms with Crippen LogP contribution in [0.25, 0.3) is 0 Å². The van der Waals surface area contributed by atoms with Gasteiger partial charge in [-0.25, -0.2) is 13.1 Å². The van der Waals surface area contributed by atoms with Crippen molar-refractivity contribution in [1.29, 1.82) is 0 Å². The molecule has 0 bridgehead atoms. The molecule has 1 unspecified atom stereocenters. The second kappa shape index (κ2) is 5.96. The van der Waals surface area contributed by atoms with Crippen molar-refractivity contribution >= 4 is 21.4 Å². The second-order valence-corrected chi connectivity index (χ2v) is 6.97. The zero-order valence-electron chi connectivity index (χ0n) is 11.6. The second-order valence-electron chi connectivity index (χ2n) is 5.29. The third-order valence-electron chi connectivity index (χ3n) is 3.35. The van der Waals surface area contributed by atoms with Gasteiger partial charge in [0.15, 0.2) is 4.90 Å². The lowest BCUT2D eigenvalue weighted by Gasteiger charge is -2.14. The summed E-state index contributed by atoms with van der Waals surface area (Å²) in [4.78, 5) is 9.90. The Bertz CT molecular complexity index is 643. The van der Waals surface area contributed by atoms with Crippen LogP contribution in [-0.2, 0) is 10.0 Å². The molecule has 116 valence electrons. The molecule has 21 heavy (non-hydrogen) atoms. The Morgan fingerprint density at radius 3 is 2.67 bits per heavy atom. The van der Waals surface area contributed by atoms with E-state index in [1.165, 1.54) is 6.07 Å². The van der Waals surface area contributed by atoms with Crippen molar-refractivity contribution < 1.29 is 13.3 Å². The average Bonchev–Trinajstić information content (AvgIpc) is 3.20. The summed E-state index contributed by atoms with van der Waals surface area (Å²) in [5, 5.41) is 11.0. The van der Waals surface area contributed by atoms with Crippen molar-refractivity contribution in [3.63, 3.8) is 0 Å². The fourth-order valence-corrected chi connectivity index (χ4v) is 3.65. The number of nitrogen functional groups attached to an aromatic ring is 1. The molecule has 0 aliphatic heterocycles. The molecule has 1 aliphatic carbocycles. The van der Waals surface area contributed by atoms with Gasteiger partial charge in [0.25, 0.3) is 5.69 Å². The summed E-state index contributed by atoms with van der Waals surface area (Å²) < 4.78 is 27.2. The van der Waals surface area contributed by atoms with E-state index in [1.807, 2.05) is 0 Å². The van der Waals surface area contributed by atoms with Crippen molar-refractivity contribution in [3.05, 3.63) is 28.3 Å². The predicted octanol–water partition coefficient (Wildman–Crippen LogP) is 1.35. The molecule has 0 amide bonds. The van der Waals surface area contributed by atoms with Gasteiger partial charge < -0.3 is 5.43 Å². The number of rotatable bonds is 7. The van der Waals surface area contributed by atoms with Gasteiger partial charge in [0.2, 0.25) is 10.0 Å². The highest BCUT2D eigenvalue weighted by molar-refractivity contribution is 7.89. The molecule has 0 radical (unpaired) electrons. The molecule has 1 aromatic rings. The minimum absolute atomic E-state index is 0.267. The Labute approximate surface area is 122 Å². The van der Waals surface area contributed by atoms with Crippen LogP contribution in [0.3, 0.4) is 0 Å². The molecule has 1 aliphatic rings. The number of nitro groups is 1. The maximum absolute atomic E-state index is 12.4. The summed E-state index contributed by atoms with van der Waals surface area (Å²) in [5.41, 5.74) is 2.10. The van der Waals surface area contributed by atoms with E-state index in [-0.39, 0.29) is 16.6 Å². The van der Waals surface area contributed by atoms with E-state index in [0.29, 0.717) is 5.92 Å². The third kappa shape index (κ3) is 3.90. The number of hydrazine groups is 1. The summed E-state index contributed by atoms with van der Waals surface area (Å²) in [6.45, 7) is 1.76. The maximum atomic E-state index is 12.4. The minimum Gasteiger partial charge on any atom is -0.324 e. The van der Waals surface area contributed by atoms with Crippen molar-refractivity contribution in [3.8, 4) is 0 Å². The molecule has 1 fully saturated rings. The third-order valence-corrected chi connectivity index (χ3v) is 4.97. The van der Waals surface area contributed by atoms with Gasteiger partial charge in [-0.15, -0.1) is 0 Å². The molecule has 0 saturated heterocycles. The molecule has 8 nitrogen and oxygen atoms in total. The van der Waals surface area contributed by atoms with Crippen LogP contribution in [-0.4, -0.2) is 19.4 Å². The van der Waals surface area contributed by atoms with Crippen LogP contribution in [0, 0.1) is 16.0 Å². The topological polar surface area (TPSA) is 127 Å². The normalized spacial score (nSPS) is 16.5. The zero-order valence-corrected chi connectivity index (χ0v) is 12.4. The van der Waals surface area contributed by atoms with Crippen LogP contribution >= 0.6 is 0 Å². The molecular weight excluding hydrogens is 296 g/mol. The summed E-state index contributed by atoms with van der Waals surface area (Å²) in [5.74, 6) is 5.78. The quantitative estimate of drug-likeness (QED) is 0.396. The summed E-state index contributed by atoms with van der Waals surface area (Å²) in [6, 6.07) is 3.36. The van der Waals surface area contributed by atoms with Crippen molar-refractivity contribution in [2.45, 2.75) is 37.1 Å². The number of nitro benzene ring substituents is 1. The lowest BCUT2D eigenvalue weighted by atomic mass is 10.2. The number of hydrogen-bond acceptors (Lipinski definition) is 6. The van der Waals surface area contributed by atoms with Crippen LogP contribution in [0.15, 0.2) is 23.1 Å². The lowest BCUT2D eigenvalue weighted by molar-refractivity contribution is -0.387. The molecule has 1 saturated carbocycles. The molecule has 1 aromatic carbocycles. The van der Waals surface area contributed by atoms with Crippen LogP contribution in [0.1, 0.15) is 26.2 Å². The number of benzene rings is 1. The molecule has 2 rings (SSSR count). The Kier molecular flexibility index (Phi) is 4.45. The van der Waals surface area contributed by atoms with E-state index in [0.717, 1.165) is 31.4 Å². The number of hydrogen-bond donors (Lipinski definition) is 3. The SMILES string of the molecule is CC(CC1CC1)NS(=O)(=O)c1cc(NN)ccc1[N+](=O)[O-]. The summed E-state index contributed by atoms with van der Waals surface area (Å²) >= 11 is 0. The van der Waals surface area contributed by atoms with E-state index >= 15 is 0 Å². The largest absolute Gasteiger partial charge is 0.324 e. The average molecular weight is 314 g/mol. The Balaban J connectivity index is 2.30. The smallest absolute Gasteiger partial charge is 0.289 e. The van der Waals surface area contributed by atoms with Gasteiger partial charge in [-0.3, -0.25) is 16.0 Å². The van der Waals surface area contributed by atoms with Gasteiger partial charge in [0, 0.05) is 12.1 Å². The van der Waals surface area contributed by atoms with Gasteiger partial charge in [-0.2, -0.15) is 0 Å². The predicted molar refractivity (Wildman–Crippen MR) is 78.0 cm³/mol. The molecule has 0 heterocycles. The monoisotopic (exact) mass is 314 g/mol. The number of anilines is 1. The van der Waals surface area contributed by atoms with Gasteiger partial charge in [-0.1, -0.05) is 12.8 Å². The van der Waals surface area contributed by atoms with Gasteiger partial charge in [0.1, 0.15) is 0 Å². The summed E-state index contributed by atoms with van der Waals surface area (Å²) in [7, 11) is -3.97. The van der Waals surface area contributed by atoms with Gasteiger partial charge >= 0.3 is 0 Å². The molecule has 1 atom stereocenters. The van der Waals surface area contributed by atoms with Crippen molar-refractivity contribution in [2.24, 2.45) is 11.8 Å². The first-order valence-corrected chi connectivity index (χ1v) is 8.09. The van der Waals surface area contributed by atoms with Crippen molar-refractivity contribution in [2.75, 3.05) is 5.43 Å². The number of nitrogens with two attached hydrogens (primary N) is 1. The van der Waals surface area contributed by atoms with E-state index < -0.39 is 20.6 Å². The first kappa shape index (κ1) is 15.7. The van der Waals surface area contributed by atoms with Crippen LogP contribution in [0.5, 0.6) is 0 Å². The first-order valence-electron chi connectivity index (χ1n) is 6.61.